The van der Waals surface area contributed by atoms with Crippen molar-refractivity contribution in [2.24, 2.45) is 0 Å². The van der Waals surface area contributed by atoms with Crippen LogP contribution in [-0.2, 0) is 4.79 Å². The third kappa shape index (κ3) is 3.16. The Morgan fingerprint density at radius 2 is 1.92 bits per heavy atom. The third-order valence-electron chi connectivity index (χ3n) is 4.82. The Morgan fingerprint density at radius 3 is 2.62 bits per heavy atom. The van der Waals surface area contributed by atoms with E-state index in [4.69, 9.17) is 0 Å². The van der Waals surface area contributed by atoms with Gasteiger partial charge in [-0.15, -0.1) is 0 Å². The monoisotopic (exact) mass is 322 g/mol. The molecule has 3 nitrogen and oxygen atoms in total. The third-order valence-corrected chi connectivity index (χ3v) is 4.82. The van der Waals surface area contributed by atoms with E-state index in [2.05, 4.69) is 56.4 Å². The van der Waals surface area contributed by atoms with Gasteiger partial charge in [0.1, 0.15) is 0 Å². The van der Waals surface area contributed by atoms with Gasteiger partial charge in [-0.2, -0.15) is 0 Å². The standard InChI is InChI=1S/C21H26N2O/c1-14(2)17-8-7-9-18(13-17)22-20-12-15(3)23(16(4)24)21-11-6-5-10-19(20)21/h5-11,13-15,20,22H,12H2,1-4H3/t15-,20+/m1/s1. The van der Waals surface area contributed by atoms with Gasteiger partial charge in [0.2, 0.25) is 5.91 Å². The highest BCUT2D eigenvalue weighted by Gasteiger charge is 2.31. The van der Waals surface area contributed by atoms with E-state index in [-0.39, 0.29) is 18.0 Å². The van der Waals surface area contributed by atoms with Crippen molar-refractivity contribution >= 4 is 17.3 Å². The highest BCUT2D eigenvalue weighted by atomic mass is 16.2. The van der Waals surface area contributed by atoms with Crippen LogP contribution in [0.3, 0.4) is 0 Å². The number of nitrogens with one attached hydrogen (secondary N) is 1. The molecule has 2 aromatic rings. The quantitative estimate of drug-likeness (QED) is 0.852. The molecule has 1 heterocycles. The van der Waals surface area contributed by atoms with E-state index in [1.165, 1.54) is 11.1 Å². The maximum atomic E-state index is 12.1. The first-order chi connectivity index (χ1) is 11.5. The molecule has 24 heavy (non-hydrogen) atoms. The molecule has 0 saturated carbocycles. The largest absolute Gasteiger partial charge is 0.378 e. The molecule has 3 heteroatoms. The van der Waals surface area contributed by atoms with E-state index in [9.17, 15) is 4.79 Å². The van der Waals surface area contributed by atoms with Crippen LogP contribution in [0, 0.1) is 0 Å². The Hall–Kier alpha value is -2.29. The van der Waals surface area contributed by atoms with Gasteiger partial charge in [0.25, 0.3) is 0 Å². The average Bonchev–Trinajstić information content (AvgIpc) is 2.54. The minimum absolute atomic E-state index is 0.107. The Kier molecular flexibility index (Phi) is 4.61. The summed E-state index contributed by atoms with van der Waals surface area (Å²) >= 11 is 0. The van der Waals surface area contributed by atoms with Crippen molar-refractivity contribution in [2.45, 2.75) is 52.1 Å². The smallest absolute Gasteiger partial charge is 0.224 e. The number of anilines is 2. The Morgan fingerprint density at radius 1 is 1.17 bits per heavy atom. The zero-order valence-electron chi connectivity index (χ0n) is 14.9. The van der Waals surface area contributed by atoms with Crippen molar-refractivity contribution in [3.8, 4) is 0 Å². The number of benzene rings is 2. The van der Waals surface area contributed by atoms with E-state index < -0.39 is 0 Å². The van der Waals surface area contributed by atoms with Crippen LogP contribution in [0.2, 0.25) is 0 Å². The second kappa shape index (κ2) is 6.68. The van der Waals surface area contributed by atoms with Crippen LogP contribution in [0.5, 0.6) is 0 Å². The molecule has 0 aromatic heterocycles. The number of amides is 1. The first-order valence-electron chi connectivity index (χ1n) is 8.72. The van der Waals surface area contributed by atoms with Crippen LogP contribution in [0.1, 0.15) is 57.2 Å². The number of rotatable bonds is 3. The van der Waals surface area contributed by atoms with E-state index in [0.717, 1.165) is 17.8 Å². The van der Waals surface area contributed by atoms with Crippen LogP contribution in [0.15, 0.2) is 48.5 Å². The molecular formula is C21H26N2O. The van der Waals surface area contributed by atoms with Crippen LogP contribution < -0.4 is 10.2 Å². The topological polar surface area (TPSA) is 32.3 Å². The van der Waals surface area contributed by atoms with Gasteiger partial charge in [-0.1, -0.05) is 44.2 Å². The lowest BCUT2D eigenvalue weighted by Gasteiger charge is -2.39. The zero-order valence-corrected chi connectivity index (χ0v) is 14.9. The molecule has 0 radical (unpaired) electrons. The lowest BCUT2D eigenvalue weighted by molar-refractivity contribution is -0.117. The van der Waals surface area contributed by atoms with Gasteiger partial charge >= 0.3 is 0 Å². The molecule has 2 aromatic carbocycles. The number of hydrogen-bond donors (Lipinski definition) is 1. The number of para-hydroxylation sites is 1. The minimum Gasteiger partial charge on any atom is -0.378 e. The average molecular weight is 322 g/mol. The number of hydrogen-bond acceptors (Lipinski definition) is 2. The van der Waals surface area contributed by atoms with Gasteiger partial charge in [0.15, 0.2) is 0 Å². The Balaban J connectivity index is 1.93. The molecule has 3 rings (SSSR count). The molecule has 0 bridgehead atoms. The molecule has 1 aliphatic rings. The predicted molar refractivity (Wildman–Crippen MR) is 101 cm³/mol. The van der Waals surface area contributed by atoms with Crippen molar-refractivity contribution in [2.75, 3.05) is 10.2 Å². The SMILES string of the molecule is CC(=O)N1c2ccccc2[C@@H](Nc2cccc(C(C)C)c2)C[C@H]1C. The molecule has 126 valence electrons. The lowest BCUT2D eigenvalue weighted by atomic mass is 9.91. The molecule has 0 aliphatic carbocycles. The van der Waals surface area contributed by atoms with E-state index in [1.54, 1.807) is 6.92 Å². The fourth-order valence-electron chi connectivity index (χ4n) is 3.62. The Labute approximate surface area is 144 Å². The number of carbonyl (C=O) groups is 1. The molecule has 0 saturated heterocycles. The molecule has 0 fully saturated rings. The molecule has 0 unspecified atom stereocenters. The van der Waals surface area contributed by atoms with Gasteiger partial charge in [-0.25, -0.2) is 0 Å². The summed E-state index contributed by atoms with van der Waals surface area (Å²) in [7, 11) is 0. The summed E-state index contributed by atoms with van der Waals surface area (Å²) in [5.74, 6) is 0.618. The van der Waals surface area contributed by atoms with Gasteiger partial charge in [0.05, 0.1) is 6.04 Å². The second-order valence-electron chi connectivity index (χ2n) is 7.01. The highest BCUT2D eigenvalue weighted by Crippen LogP contribution is 2.39. The first-order valence-corrected chi connectivity index (χ1v) is 8.72. The highest BCUT2D eigenvalue weighted by molar-refractivity contribution is 5.93. The zero-order chi connectivity index (χ0) is 17.3. The van der Waals surface area contributed by atoms with Crippen LogP contribution in [-0.4, -0.2) is 11.9 Å². The number of carbonyl (C=O) groups excluding carboxylic acids is 1. The van der Waals surface area contributed by atoms with Crippen LogP contribution in [0.4, 0.5) is 11.4 Å². The van der Waals surface area contributed by atoms with Gasteiger partial charge in [-0.3, -0.25) is 4.79 Å². The summed E-state index contributed by atoms with van der Waals surface area (Å²) in [5, 5.41) is 3.68. The van der Waals surface area contributed by atoms with Crippen molar-refractivity contribution < 1.29 is 4.79 Å². The van der Waals surface area contributed by atoms with Gasteiger partial charge in [-0.05, 0) is 48.6 Å². The van der Waals surface area contributed by atoms with E-state index >= 15 is 0 Å². The van der Waals surface area contributed by atoms with E-state index in [0.29, 0.717) is 5.92 Å². The summed E-state index contributed by atoms with van der Waals surface area (Å²) < 4.78 is 0. The fourth-order valence-corrected chi connectivity index (χ4v) is 3.62. The molecule has 1 aliphatic heterocycles. The first kappa shape index (κ1) is 16.6. The fraction of sp³-hybridized carbons (Fsp3) is 0.381. The number of nitrogens with zero attached hydrogens (tertiary/aromatic N) is 1. The summed E-state index contributed by atoms with van der Waals surface area (Å²) in [6.07, 6.45) is 0.905. The molecule has 2 atom stereocenters. The van der Waals surface area contributed by atoms with Gasteiger partial charge in [0, 0.05) is 24.3 Å². The molecule has 1 amide bonds. The minimum atomic E-state index is 0.107. The summed E-state index contributed by atoms with van der Waals surface area (Å²) in [5.41, 5.74) is 4.70. The molecule has 0 spiro atoms. The maximum Gasteiger partial charge on any atom is 0.224 e. The Bertz CT molecular complexity index is 738. The number of fused-ring (bicyclic) bond motifs is 1. The van der Waals surface area contributed by atoms with Crippen LogP contribution in [0.25, 0.3) is 0 Å². The normalized spacial score (nSPS) is 20.0. The van der Waals surface area contributed by atoms with Crippen molar-refractivity contribution in [1.82, 2.24) is 0 Å². The van der Waals surface area contributed by atoms with Crippen molar-refractivity contribution in [3.63, 3.8) is 0 Å². The lowest BCUT2D eigenvalue weighted by Crippen LogP contribution is -2.43. The maximum absolute atomic E-state index is 12.1. The predicted octanol–water partition coefficient (Wildman–Crippen LogP) is 5.11. The van der Waals surface area contributed by atoms with Gasteiger partial charge < -0.3 is 10.2 Å². The van der Waals surface area contributed by atoms with E-state index in [1.807, 2.05) is 23.1 Å². The summed E-state index contributed by atoms with van der Waals surface area (Å²) in [6, 6.07) is 17.3. The second-order valence-corrected chi connectivity index (χ2v) is 7.01. The molecule has 1 N–H and O–H groups in total. The van der Waals surface area contributed by atoms with Crippen molar-refractivity contribution in [1.29, 1.82) is 0 Å². The summed E-state index contributed by atoms with van der Waals surface area (Å²) in [4.78, 5) is 14.0. The summed E-state index contributed by atoms with van der Waals surface area (Å²) in [6.45, 7) is 8.19. The van der Waals surface area contributed by atoms with Crippen LogP contribution >= 0.6 is 0 Å². The molecular weight excluding hydrogens is 296 g/mol. The van der Waals surface area contributed by atoms with Crippen molar-refractivity contribution in [3.05, 3.63) is 59.7 Å².